The van der Waals surface area contributed by atoms with Gasteiger partial charge >= 0.3 is 0 Å². The molecule has 0 spiro atoms. The molecule has 0 aliphatic rings. The molecular weight excluding hydrogens is 286 g/mol. The molecule has 22 heavy (non-hydrogen) atoms. The van der Waals surface area contributed by atoms with Gasteiger partial charge in [-0.1, -0.05) is 0 Å². The van der Waals surface area contributed by atoms with Crippen LogP contribution in [0.25, 0.3) is 0 Å². The molecule has 7 nitrogen and oxygen atoms in total. The van der Waals surface area contributed by atoms with E-state index >= 15 is 0 Å². The van der Waals surface area contributed by atoms with Gasteiger partial charge in [-0.25, -0.2) is 0 Å². The molecule has 1 aromatic carbocycles. The molecule has 0 aliphatic heterocycles. The quantitative estimate of drug-likeness (QED) is 0.604. The van der Waals surface area contributed by atoms with Gasteiger partial charge in [-0.3, -0.25) is 14.8 Å². The maximum absolute atomic E-state index is 11.1. The van der Waals surface area contributed by atoms with Gasteiger partial charge in [-0.05, 0) is 32.0 Å². The minimum atomic E-state index is -0.537. The topological polar surface area (TPSA) is 79.4 Å². The van der Waals surface area contributed by atoms with E-state index in [9.17, 15) is 10.1 Å². The van der Waals surface area contributed by atoms with Gasteiger partial charge in [0.05, 0.1) is 19.9 Å². The summed E-state index contributed by atoms with van der Waals surface area (Å²) < 4.78 is 12.2. The Bertz CT molecular complexity index is 681. The smallest absolute Gasteiger partial charge is 0.230 e. The van der Waals surface area contributed by atoms with E-state index in [0.29, 0.717) is 17.1 Å². The number of aryl methyl sites for hydroxylation is 2. The van der Waals surface area contributed by atoms with Crippen molar-refractivity contribution in [2.45, 2.75) is 19.9 Å². The third-order valence-electron chi connectivity index (χ3n) is 3.46. The first kappa shape index (κ1) is 15.8. The molecule has 0 saturated carbocycles. The van der Waals surface area contributed by atoms with Crippen LogP contribution in [0, 0.1) is 24.0 Å². The lowest BCUT2D eigenvalue weighted by Crippen LogP contribution is -2.23. The Morgan fingerprint density at radius 2 is 2.00 bits per heavy atom. The number of benzene rings is 1. The molecule has 2 aromatic rings. The van der Waals surface area contributed by atoms with Crippen molar-refractivity contribution in [3.8, 4) is 11.5 Å². The maximum Gasteiger partial charge on any atom is 0.230 e. The second-order valence-corrected chi connectivity index (χ2v) is 5.01. The SMILES string of the molecule is COc1ccc(C(C[N+](=O)[O-])n2nc(C)cc2C)c(OC)c1. The van der Waals surface area contributed by atoms with E-state index in [1.165, 1.54) is 7.11 Å². The van der Waals surface area contributed by atoms with Crippen molar-refractivity contribution < 1.29 is 14.4 Å². The molecule has 7 heteroatoms. The first-order valence-corrected chi connectivity index (χ1v) is 6.82. The largest absolute Gasteiger partial charge is 0.497 e. The van der Waals surface area contributed by atoms with Crippen LogP contribution in [0.2, 0.25) is 0 Å². The third kappa shape index (κ3) is 3.19. The number of nitro groups is 1. The normalized spacial score (nSPS) is 12.0. The highest BCUT2D eigenvalue weighted by atomic mass is 16.6. The van der Waals surface area contributed by atoms with Gasteiger partial charge in [0, 0.05) is 22.2 Å². The number of nitrogens with zero attached hydrogens (tertiary/aromatic N) is 3. The van der Waals surface area contributed by atoms with E-state index in [1.807, 2.05) is 19.9 Å². The number of ether oxygens (including phenoxy) is 2. The molecule has 0 N–H and O–H groups in total. The van der Waals surface area contributed by atoms with Crippen LogP contribution in [0.15, 0.2) is 24.3 Å². The van der Waals surface area contributed by atoms with Crippen LogP contribution in [0.1, 0.15) is 23.0 Å². The van der Waals surface area contributed by atoms with Gasteiger partial charge in [0.2, 0.25) is 6.54 Å². The zero-order valence-corrected chi connectivity index (χ0v) is 13.1. The molecule has 0 radical (unpaired) electrons. The fourth-order valence-electron chi connectivity index (χ4n) is 2.50. The number of rotatable bonds is 6. The van der Waals surface area contributed by atoms with Crippen LogP contribution < -0.4 is 9.47 Å². The Kier molecular flexibility index (Phi) is 4.65. The molecule has 1 atom stereocenters. The maximum atomic E-state index is 11.1. The van der Waals surface area contributed by atoms with Crippen molar-refractivity contribution in [1.29, 1.82) is 0 Å². The number of aromatic nitrogens is 2. The molecule has 2 rings (SSSR count). The molecule has 1 heterocycles. The van der Waals surface area contributed by atoms with Crippen LogP contribution in [0.4, 0.5) is 0 Å². The number of hydrogen-bond acceptors (Lipinski definition) is 5. The fraction of sp³-hybridized carbons (Fsp3) is 0.400. The van der Waals surface area contributed by atoms with Crippen molar-refractivity contribution >= 4 is 0 Å². The van der Waals surface area contributed by atoms with Crippen LogP contribution >= 0.6 is 0 Å². The monoisotopic (exact) mass is 305 g/mol. The average Bonchev–Trinajstić information content (AvgIpc) is 2.82. The summed E-state index contributed by atoms with van der Waals surface area (Å²) in [6.45, 7) is 3.46. The molecule has 0 amide bonds. The summed E-state index contributed by atoms with van der Waals surface area (Å²) in [5.74, 6) is 1.17. The van der Waals surface area contributed by atoms with Gasteiger partial charge in [0.25, 0.3) is 0 Å². The molecular formula is C15H19N3O4. The van der Waals surface area contributed by atoms with Crippen LogP contribution in [0.5, 0.6) is 11.5 Å². The number of hydrogen-bond donors (Lipinski definition) is 0. The molecule has 0 saturated heterocycles. The van der Waals surface area contributed by atoms with E-state index in [1.54, 1.807) is 30.0 Å². The molecule has 0 bridgehead atoms. The second-order valence-electron chi connectivity index (χ2n) is 5.01. The summed E-state index contributed by atoms with van der Waals surface area (Å²) in [5.41, 5.74) is 2.38. The van der Waals surface area contributed by atoms with E-state index < -0.39 is 6.04 Å². The Balaban J connectivity index is 2.54. The van der Waals surface area contributed by atoms with Crippen molar-refractivity contribution in [3.05, 3.63) is 51.3 Å². The summed E-state index contributed by atoms with van der Waals surface area (Å²) in [6, 6.07) is 6.61. The number of methoxy groups -OCH3 is 2. The van der Waals surface area contributed by atoms with Crippen molar-refractivity contribution in [2.24, 2.45) is 0 Å². The molecule has 118 valence electrons. The average molecular weight is 305 g/mol. The minimum Gasteiger partial charge on any atom is -0.497 e. The lowest BCUT2D eigenvalue weighted by molar-refractivity contribution is -0.484. The first-order valence-electron chi connectivity index (χ1n) is 6.82. The zero-order chi connectivity index (χ0) is 16.3. The predicted octanol–water partition coefficient (Wildman–Crippen LogP) is 2.38. The molecule has 1 aromatic heterocycles. The Labute approximate surface area is 128 Å². The predicted molar refractivity (Wildman–Crippen MR) is 81.2 cm³/mol. The van der Waals surface area contributed by atoms with Crippen molar-refractivity contribution in [1.82, 2.24) is 9.78 Å². The minimum absolute atomic E-state index is 0.273. The Hall–Kier alpha value is -2.57. The fourth-order valence-corrected chi connectivity index (χ4v) is 2.50. The lowest BCUT2D eigenvalue weighted by Gasteiger charge is -2.19. The van der Waals surface area contributed by atoms with Gasteiger partial charge in [-0.2, -0.15) is 5.10 Å². The van der Waals surface area contributed by atoms with Gasteiger partial charge in [-0.15, -0.1) is 0 Å². The molecule has 1 unspecified atom stereocenters. The summed E-state index contributed by atoms with van der Waals surface area (Å²) in [6.07, 6.45) is 0. The summed E-state index contributed by atoms with van der Waals surface area (Å²) in [7, 11) is 3.09. The van der Waals surface area contributed by atoms with Gasteiger partial charge < -0.3 is 9.47 Å². The second kappa shape index (κ2) is 6.46. The van der Waals surface area contributed by atoms with Crippen LogP contribution in [0.3, 0.4) is 0 Å². The van der Waals surface area contributed by atoms with E-state index in [-0.39, 0.29) is 11.5 Å². The lowest BCUT2D eigenvalue weighted by atomic mass is 10.1. The summed E-state index contributed by atoms with van der Waals surface area (Å²) in [4.78, 5) is 10.8. The van der Waals surface area contributed by atoms with Gasteiger partial charge in [0.15, 0.2) is 0 Å². The first-order chi connectivity index (χ1) is 10.5. The van der Waals surface area contributed by atoms with Gasteiger partial charge in [0.1, 0.15) is 17.5 Å². The van der Waals surface area contributed by atoms with Crippen LogP contribution in [-0.2, 0) is 0 Å². The van der Waals surface area contributed by atoms with Crippen molar-refractivity contribution in [2.75, 3.05) is 20.8 Å². The molecule has 0 fully saturated rings. The Morgan fingerprint density at radius 3 is 2.50 bits per heavy atom. The highest BCUT2D eigenvalue weighted by Crippen LogP contribution is 2.32. The molecule has 0 aliphatic carbocycles. The zero-order valence-electron chi connectivity index (χ0n) is 13.1. The van der Waals surface area contributed by atoms with Crippen LogP contribution in [-0.4, -0.2) is 35.5 Å². The third-order valence-corrected chi connectivity index (χ3v) is 3.46. The standard InChI is InChI=1S/C15H19N3O4/c1-10-7-11(2)18(16-10)14(9-17(19)20)13-6-5-12(21-3)8-15(13)22-4/h5-8,14H,9H2,1-4H3. The highest BCUT2D eigenvalue weighted by molar-refractivity contribution is 5.43. The van der Waals surface area contributed by atoms with E-state index in [4.69, 9.17) is 9.47 Å². The van der Waals surface area contributed by atoms with E-state index in [0.717, 1.165) is 11.4 Å². The summed E-state index contributed by atoms with van der Waals surface area (Å²) >= 11 is 0. The summed E-state index contributed by atoms with van der Waals surface area (Å²) in [5, 5.41) is 15.5. The van der Waals surface area contributed by atoms with Crippen molar-refractivity contribution in [3.63, 3.8) is 0 Å². The Morgan fingerprint density at radius 1 is 1.27 bits per heavy atom. The van der Waals surface area contributed by atoms with E-state index in [2.05, 4.69) is 5.10 Å². The highest BCUT2D eigenvalue weighted by Gasteiger charge is 2.26.